The second-order valence-corrected chi connectivity index (χ2v) is 8.85. The summed E-state index contributed by atoms with van der Waals surface area (Å²) in [6, 6.07) is 10.1. The number of aromatic nitrogens is 2. The zero-order valence-electron chi connectivity index (χ0n) is 17.6. The largest absolute Gasteiger partial charge is 0.322 e. The molecule has 0 radical (unpaired) electrons. The first-order chi connectivity index (χ1) is 13.3. The number of hydrogen-bond acceptors (Lipinski definition) is 3. The Hall–Kier alpha value is -2.34. The fourth-order valence-electron chi connectivity index (χ4n) is 3.50. The van der Waals surface area contributed by atoms with Crippen LogP contribution in [0.3, 0.4) is 0 Å². The number of anilines is 1. The van der Waals surface area contributed by atoms with Gasteiger partial charge in [-0.2, -0.15) is 5.10 Å². The number of hydrogen-bond donors (Lipinski definition) is 2. The van der Waals surface area contributed by atoms with Crippen LogP contribution in [0.5, 0.6) is 0 Å². The van der Waals surface area contributed by atoms with Gasteiger partial charge >= 0.3 is 6.03 Å². The highest BCUT2D eigenvalue weighted by atomic mass is 16.2. The first-order valence-corrected chi connectivity index (χ1v) is 10.2. The number of amides is 2. The van der Waals surface area contributed by atoms with Crippen LogP contribution in [0.25, 0.3) is 0 Å². The van der Waals surface area contributed by atoms with E-state index in [4.69, 9.17) is 0 Å². The number of piperidine rings is 1. The number of urea groups is 1. The molecule has 0 atom stereocenters. The average Bonchev–Trinajstić information content (AvgIpc) is 3.12. The molecule has 6 heteroatoms. The smallest absolute Gasteiger partial charge is 0.321 e. The molecule has 1 saturated heterocycles. The lowest BCUT2D eigenvalue weighted by atomic mass is 9.92. The summed E-state index contributed by atoms with van der Waals surface area (Å²) in [6.45, 7) is 10.1. The van der Waals surface area contributed by atoms with Crippen LogP contribution in [-0.2, 0) is 18.5 Å². The minimum Gasteiger partial charge on any atom is -0.322 e. The minimum absolute atomic E-state index is 0.00955. The second kappa shape index (κ2) is 8.78. The molecule has 2 aromatic rings. The molecule has 152 valence electrons. The molecule has 2 amide bonds. The summed E-state index contributed by atoms with van der Waals surface area (Å²) in [6.07, 6.45) is 3.91. The highest BCUT2D eigenvalue weighted by Gasteiger charge is 2.19. The molecule has 1 aromatic heterocycles. The lowest BCUT2D eigenvalue weighted by Crippen LogP contribution is -2.31. The number of H-pyrrole nitrogens is 1. The molecular weight excluding hydrogens is 350 g/mol. The van der Waals surface area contributed by atoms with Gasteiger partial charge in [0.1, 0.15) is 0 Å². The van der Waals surface area contributed by atoms with Gasteiger partial charge in [-0.3, -0.25) is 10.00 Å². The third kappa shape index (κ3) is 5.58. The summed E-state index contributed by atoms with van der Waals surface area (Å²) in [7, 11) is 1.80. The Kier molecular flexibility index (Phi) is 6.39. The van der Waals surface area contributed by atoms with Gasteiger partial charge < -0.3 is 10.2 Å². The number of nitrogens with zero attached hydrogens (tertiary/aromatic N) is 3. The van der Waals surface area contributed by atoms with E-state index in [2.05, 4.69) is 53.3 Å². The van der Waals surface area contributed by atoms with Crippen LogP contribution >= 0.6 is 0 Å². The van der Waals surface area contributed by atoms with Crippen molar-refractivity contribution in [3.63, 3.8) is 0 Å². The second-order valence-electron chi connectivity index (χ2n) is 8.85. The molecule has 1 fully saturated rings. The fraction of sp³-hybridized carbons (Fsp3) is 0.545. The molecule has 0 aliphatic carbocycles. The van der Waals surface area contributed by atoms with E-state index in [0.29, 0.717) is 6.54 Å². The van der Waals surface area contributed by atoms with Crippen molar-refractivity contribution in [1.29, 1.82) is 0 Å². The van der Waals surface area contributed by atoms with E-state index in [1.54, 1.807) is 11.9 Å². The van der Waals surface area contributed by atoms with Gasteiger partial charge in [0.15, 0.2) is 0 Å². The number of rotatable bonds is 5. The first-order valence-electron chi connectivity index (χ1n) is 10.2. The van der Waals surface area contributed by atoms with Gasteiger partial charge in [0.05, 0.1) is 17.9 Å². The molecule has 1 aliphatic heterocycles. The Morgan fingerprint density at radius 2 is 1.96 bits per heavy atom. The van der Waals surface area contributed by atoms with E-state index >= 15 is 0 Å². The number of nitrogens with one attached hydrogen (secondary N) is 2. The van der Waals surface area contributed by atoms with E-state index in [1.165, 1.54) is 37.9 Å². The molecule has 0 unspecified atom stereocenters. The number of benzene rings is 1. The Morgan fingerprint density at radius 3 is 2.64 bits per heavy atom. The molecule has 0 bridgehead atoms. The van der Waals surface area contributed by atoms with Crippen LogP contribution in [-0.4, -0.2) is 46.2 Å². The first kappa shape index (κ1) is 20.4. The minimum atomic E-state index is -0.123. The van der Waals surface area contributed by atoms with Crippen molar-refractivity contribution in [3.05, 3.63) is 47.3 Å². The molecule has 6 nitrogen and oxygen atoms in total. The van der Waals surface area contributed by atoms with Crippen molar-refractivity contribution >= 4 is 11.7 Å². The van der Waals surface area contributed by atoms with E-state index in [-0.39, 0.29) is 11.4 Å². The van der Waals surface area contributed by atoms with Gasteiger partial charge in [-0.25, -0.2) is 4.79 Å². The average molecular weight is 384 g/mol. The van der Waals surface area contributed by atoms with Crippen LogP contribution in [0.4, 0.5) is 10.5 Å². The molecular formula is C22H33N5O. The van der Waals surface area contributed by atoms with Gasteiger partial charge in [0.2, 0.25) is 0 Å². The summed E-state index contributed by atoms with van der Waals surface area (Å²) in [5.74, 6) is 0. The Labute approximate surface area is 168 Å². The maximum atomic E-state index is 12.6. The number of carbonyl (C=O) groups excluding carboxylic acids is 1. The van der Waals surface area contributed by atoms with Crippen LogP contribution < -0.4 is 5.32 Å². The van der Waals surface area contributed by atoms with Crippen molar-refractivity contribution in [2.24, 2.45) is 0 Å². The third-order valence-electron chi connectivity index (χ3n) is 5.19. The highest BCUT2D eigenvalue weighted by molar-refractivity contribution is 5.89. The Bertz CT molecular complexity index is 786. The Balaban J connectivity index is 1.56. The normalized spacial score (nSPS) is 15.4. The van der Waals surface area contributed by atoms with E-state index in [9.17, 15) is 4.79 Å². The molecule has 28 heavy (non-hydrogen) atoms. The third-order valence-corrected chi connectivity index (χ3v) is 5.19. The SMILES string of the molecule is CN(Cc1cc(C(C)(C)C)n[nH]1)C(=O)Nc1cccc(CN2CCCCC2)c1. The van der Waals surface area contributed by atoms with Gasteiger partial charge in [-0.15, -0.1) is 0 Å². The maximum Gasteiger partial charge on any atom is 0.321 e. The van der Waals surface area contributed by atoms with Crippen LogP contribution in [0.2, 0.25) is 0 Å². The standard InChI is InChI=1S/C22H33N5O/c1-22(2,3)20-14-19(24-25-20)16-26(4)21(28)23-18-10-8-9-17(13-18)15-27-11-6-5-7-12-27/h8-10,13-14H,5-7,11-12,15-16H2,1-4H3,(H,23,28)(H,24,25). The lowest BCUT2D eigenvalue weighted by molar-refractivity contribution is 0.220. The zero-order chi connectivity index (χ0) is 20.1. The molecule has 0 saturated carbocycles. The van der Waals surface area contributed by atoms with E-state index in [0.717, 1.165) is 23.6 Å². The summed E-state index contributed by atoms with van der Waals surface area (Å²) in [5.41, 5.74) is 4.00. The fourth-order valence-corrected chi connectivity index (χ4v) is 3.50. The van der Waals surface area contributed by atoms with Crippen molar-refractivity contribution in [1.82, 2.24) is 20.0 Å². The predicted molar refractivity (Wildman–Crippen MR) is 113 cm³/mol. The van der Waals surface area contributed by atoms with E-state index < -0.39 is 0 Å². The monoisotopic (exact) mass is 383 g/mol. The highest BCUT2D eigenvalue weighted by Crippen LogP contribution is 2.21. The molecule has 2 heterocycles. The summed E-state index contributed by atoms with van der Waals surface area (Å²) >= 11 is 0. The molecule has 0 spiro atoms. The summed E-state index contributed by atoms with van der Waals surface area (Å²) < 4.78 is 0. The molecule has 1 aliphatic rings. The topological polar surface area (TPSA) is 64.3 Å². The number of carbonyl (C=O) groups is 1. The van der Waals surface area contributed by atoms with Crippen LogP contribution in [0.1, 0.15) is 57.0 Å². The van der Waals surface area contributed by atoms with Crippen molar-refractivity contribution < 1.29 is 4.79 Å². The maximum absolute atomic E-state index is 12.6. The quantitative estimate of drug-likeness (QED) is 0.806. The Morgan fingerprint density at radius 1 is 1.21 bits per heavy atom. The zero-order valence-corrected chi connectivity index (χ0v) is 17.6. The van der Waals surface area contributed by atoms with Gasteiger partial charge in [0, 0.05) is 24.7 Å². The number of likely N-dealkylation sites (tertiary alicyclic amines) is 1. The van der Waals surface area contributed by atoms with E-state index in [1.807, 2.05) is 18.2 Å². The van der Waals surface area contributed by atoms with Gasteiger partial charge in [-0.05, 0) is 49.7 Å². The van der Waals surface area contributed by atoms with Crippen molar-refractivity contribution in [3.8, 4) is 0 Å². The molecule has 2 N–H and O–H groups in total. The van der Waals surface area contributed by atoms with Crippen LogP contribution in [0.15, 0.2) is 30.3 Å². The molecule has 1 aromatic carbocycles. The van der Waals surface area contributed by atoms with Crippen molar-refractivity contribution in [2.75, 3.05) is 25.5 Å². The summed E-state index contributed by atoms with van der Waals surface area (Å²) in [4.78, 5) is 16.7. The van der Waals surface area contributed by atoms with Gasteiger partial charge in [-0.1, -0.05) is 39.3 Å². The number of aromatic amines is 1. The van der Waals surface area contributed by atoms with Crippen molar-refractivity contribution in [2.45, 2.75) is 58.5 Å². The summed E-state index contributed by atoms with van der Waals surface area (Å²) in [5, 5.41) is 10.4. The predicted octanol–water partition coefficient (Wildman–Crippen LogP) is 4.36. The van der Waals surface area contributed by atoms with Gasteiger partial charge in [0.25, 0.3) is 0 Å². The lowest BCUT2D eigenvalue weighted by Gasteiger charge is -2.26. The molecule has 3 rings (SSSR count). The van der Waals surface area contributed by atoms with Crippen LogP contribution in [0, 0.1) is 0 Å².